The maximum absolute atomic E-state index is 12.0. The Balaban J connectivity index is 2.17. The van der Waals surface area contributed by atoms with Crippen LogP contribution in [0.3, 0.4) is 0 Å². The van der Waals surface area contributed by atoms with Crippen molar-refractivity contribution in [3.8, 4) is 0 Å². The number of carboxylic acid groups (broad SMARTS) is 1. The van der Waals surface area contributed by atoms with Crippen molar-refractivity contribution >= 4 is 11.9 Å². The predicted molar refractivity (Wildman–Crippen MR) is 54.9 cm³/mol. The zero-order valence-electron chi connectivity index (χ0n) is 8.72. The van der Waals surface area contributed by atoms with E-state index >= 15 is 0 Å². The van der Waals surface area contributed by atoms with Crippen LogP contribution >= 0.6 is 0 Å². The average Bonchev–Trinajstić information content (AvgIpc) is 2.81. The van der Waals surface area contributed by atoms with E-state index in [0.29, 0.717) is 18.7 Å². The van der Waals surface area contributed by atoms with E-state index < -0.39 is 12.0 Å². The van der Waals surface area contributed by atoms with Gasteiger partial charge in [-0.2, -0.15) is 5.10 Å². The second-order valence-corrected chi connectivity index (χ2v) is 3.82. The van der Waals surface area contributed by atoms with E-state index in [9.17, 15) is 9.59 Å². The first-order valence-corrected chi connectivity index (χ1v) is 5.23. The molecule has 6 nitrogen and oxygen atoms in total. The first-order valence-electron chi connectivity index (χ1n) is 5.23. The van der Waals surface area contributed by atoms with E-state index in [0.717, 1.165) is 12.8 Å². The van der Waals surface area contributed by atoms with Gasteiger partial charge in [0.15, 0.2) is 0 Å². The van der Waals surface area contributed by atoms with Gasteiger partial charge in [-0.3, -0.25) is 9.89 Å². The molecule has 1 atom stereocenters. The number of carbonyl (C=O) groups excluding carboxylic acids is 1. The van der Waals surface area contributed by atoms with Gasteiger partial charge in [0.05, 0.1) is 0 Å². The largest absolute Gasteiger partial charge is 0.480 e. The topological polar surface area (TPSA) is 86.3 Å². The van der Waals surface area contributed by atoms with Crippen molar-refractivity contribution in [2.24, 2.45) is 0 Å². The molecular weight excluding hydrogens is 210 g/mol. The molecule has 0 saturated carbocycles. The Morgan fingerprint density at radius 1 is 1.50 bits per heavy atom. The summed E-state index contributed by atoms with van der Waals surface area (Å²) in [5.74, 6) is -1.22. The summed E-state index contributed by atoms with van der Waals surface area (Å²) in [6, 6.07) is 0.847. The Bertz CT molecular complexity index is 388. The molecule has 0 radical (unpaired) electrons. The normalized spacial score (nSPS) is 20.8. The number of carbonyl (C=O) groups is 2. The average molecular weight is 223 g/mol. The Kier molecular flexibility index (Phi) is 2.89. The van der Waals surface area contributed by atoms with Crippen molar-refractivity contribution in [2.75, 3.05) is 6.54 Å². The van der Waals surface area contributed by atoms with Crippen LogP contribution in [0.4, 0.5) is 0 Å². The molecule has 1 fully saturated rings. The molecule has 1 amide bonds. The van der Waals surface area contributed by atoms with Gasteiger partial charge in [-0.1, -0.05) is 0 Å². The molecule has 86 valence electrons. The van der Waals surface area contributed by atoms with Gasteiger partial charge >= 0.3 is 5.97 Å². The van der Waals surface area contributed by atoms with Gasteiger partial charge in [0, 0.05) is 12.7 Å². The van der Waals surface area contributed by atoms with Gasteiger partial charge in [0.2, 0.25) is 0 Å². The number of hydrogen-bond donors (Lipinski definition) is 2. The number of nitrogens with one attached hydrogen (secondary N) is 1. The number of piperidine rings is 1. The van der Waals surface area contributed by atoms with E-state index in [1.54, 1.807) is 6.07 Å². The number of aromatic nitrogens is 2. The quantitative estimate of drug-likeness (QED) is 0.763. The van der Waals surface area contributed by atoms with Crippen molar-refractivity contribution in [2.45, 2.75) is 25.3 Å². The maximum atomic E-state index is 12.0. The van der Waals surface area contributed by atoms with Gasteiger partial charge in [-0.15, -0.1) is 0 Å². The summed E-state index contributed by atoms with van der Waals surface area (Å²) in [7, 11) is 0. The molecule has 1 aliphatic heterocycles. The molecule has 6 heteroatoms. The zero-order chi connectivity index (χ0) is 11.5. The summed E-state index contributed by atoms with van der Waals surface area (Å²) in [5, 5.41) is 15.3. The summed E-state index contributed by atoms with van der Waals surface area (Å²) in [5.41, 5.74) is 0.341. The predicted octanol–water partition coefficient (Wildman–Crippen LogP) is 0.489. The summed E-state index contributed by atoms with van der Waals surface area (Å²) in [6.07, 6.45) is 3.70. The number of rotatable bonds is 2. The first-order chi connectivity index (χ1) is 7.70. The zero-order valence-corrected chi connectivity index (χ0v) is 8.72. The fourth-order valence-electron chi connectivity index (χ4n) is 1.96. The van der Waals surface area contributed by atoms with Crippen LogP contribution in [0, 0.1) is 0 Å². The Morgan fingerprint density at radius 2 is 2.31 bits per heavy atom. The molecule has 2 heterocycles. The number of H-pyrrole nitrogens is 1. The Labute approximate surface area is 92.3 Å². The third-order valence-corrected chi connectivity index (χ3v) is 2.78. The van der Waals surface area contributed by atoms with Crippen LogP contribution in [-0.4, -0.2) is 44.7 Å². The van der Waals surface area contributed by atoms with Crippen molar-refractivity contribution < 1.29 is 14.7 Å². The molecule has 0 bridgehead atoms. The van der Waals surface area contributed by atoms with Crippen LogP contribution in [0.15, 0.2) is 12.3 Å². The van der Waals surface area contributed by atoms with Gasteiger partial charge < -0.3 is 10.0 Å². The second kappa shape index (κ2) is 4.34. The summed E-state index contributed by atoms with van der Waals surface area (Å²) in [4.78, 5) is 24.4. The highest BCUT2D eigenvalue weighted by Crippen LogP contribution is 2.19. The highest BCUT2D eigenvalue weighted by molar-refractivity contribution is 5.95. The van der Waals surface area contributed by atoms with E-state index in [1.807, 2.05) is 0 Å². The van der Waals surface area contributed by atoms with E-state index in [-0.39, 0.29) is 5.91 Å². The molecule has 1 aromatic heterocycles. The molecular formula is C10H13N3O3. The lowest BCUT2D eigenvalue weighted by atomic mass is 10.0. The molecule has 1 saturated heterocycles. The smallest absolute Gasteiger partial charge is 0.326 e. The number of aromatic amines is 1. The van der Waals surface area contributed by atoms with E-state index in [4.69, 9.17) is 5.11 Å². The SMILES string of the molecule is O=C(O)[C@@H]1CCCCN1C(=O)c1ccn[nH]1. The minimum atomic E-state index is -0.937. The summed E-state index contributed by atoms with van der Waals surface area (Å²) in [6.45, 7) is 0.495. The van der Waals surface area contributed by atoms with Crippen LogP contribution in [0.1, 0.15) is 29.8 Å². The van der Waals surface area contributed by atoms with Crippen LogP contribution in [0.5, 0.6) is 0 Å². The molecule has 2 rings (SSSR count). The molecule has 1 aliphatic rings. The highest BCUT2D eigenvalue weighted by atomic mass is 16.4. The van der Waals surface area contributed by atoms with E-state index in [2.05, 4.69) is 10.2 Å². The van der Waals surface area contributed by atoms with Gasteiger partial charge in [0.25, 0.3) is 5.91 Å². The highest BCUT2D eigenvalue weighted by Gasteiger charge is 2.32. The molecule has 0 spiro atoms. The van der Waals surface area contributed by atoms with Crippen LogP contribution < -0.4 is 0 Å². The first kappa shape index (κ1) is 10.7. The number of nitrogens with zero attached hydrogens (tertiary/aromatic N) is 2. The maximum Gasteiger partial charge on any atom is 0.326 e. The minimum Gasteiger partial charge on any atom is -0.480 e. The molecule has 0 unspecified atom stereocenters. The number of aliphatic carboxylic acids is 1. The minimum absolute atomic E-state index is 0.287. The lowest BCUT2D eigenvalue weighted by molar-refractivity contribution is -0.143. The van der Waals surface area contributed by atoms with Crippen molar-refractivity contribution in [3.05, 3.63) is 18.0 Å². The number of amides is 1. The Hall–Kier alpha value is -1.85. The van der Waals surface area contributed by atoms with Crippen molar-refractivity contribution in [1.82, 2.24) is 15.1 Å². The number of likely N-dealkylation sites (tertiary alicyclic amines) is 1. The van der Waals surface area contributed by atoms with Crippen LogP contribution in [0.2, 0.25) is 0 Å². The lowest BCUT2D eigenvalue weighted by Crippen LogP contribution is -2.48. The molecule has 0 aromatic carbocycles. The Morgan fingerprint density at radius 3 is 2.94 bits per heavy atom. The van der Waals surface area contributed by atoms with Gasteiger partial charge in [-0.25, -0.2) is 4.79 Å². The molecule has 1 aromatic rings. The van der Waals surface area contributed by atoms with E-state index in [1.165, 1.54) is 11.1 Å². The summed E-state index contributed by atoms with van der Waals surface area (Å²) >= 11 is 0. The fraction of sp³-hybridized carbons (Fsp3) is 0.500. The third kappa shape index (κ3) is 1.91. The number of hydrogen-bond acceptors (Lipinski definition) is 3. The monoisotopic (exact) mass is 223 g/mol. The van der Waals surface area contributed by atoms with Crippen molar-refractivity contribution in [3.63, 3.8) is 0 Å². The molecule has 2 N–H and O–H groups in total. The second-order valence-electron chi connectivity index (χ2n) is 3.82. The van der Waals surface area contributed by atoms with Crippen molar-refractivity contribution in [1.29, 1.82) is 0 Å². The fourth-order valence-corrected chi connectivity index (χ4v) is 1.96. The number of carboxylic acids is 1. The standard InChI is InChI=1S/C10H13N3O3/c14-9(7-4-5-11-12-7)13-6-2-1-3-8(13)10(15)16/h4-5,8H,1-3,6H2,(H,11,12)(H,15,16)/t8-/m0/s1. The van der Waals surface area contributed by atoms with Crippen LogP contribution in [-0.2, 0) is 4.79 Å². The lowest BCUT2D eigenvalue weighted by Gasteiger charge is -2.32. The van der Waals surface area contributed by atoms with Gasteiger partial charge in [-0.05, 0) is 25.3 Å². The molecule has 0 aliphatic carbocycles. The van der Waals surface area contributed by atoms with Crippen LogP contribution in [0.25, 0.3) is 0 Å². The van der Waals surface area contributed by atoms with Gasteiger partial charge in [0.1, 0.15) is 11.7 Å². The summed E-state index contributed by atoms with van der Waals surface area (Å²) < 4.78 is 0. The molecule has 16 heavy (non-hydrogen) atoms. The third-order valence-electron chi connectivity index (χ3n) is 2.78.